The van der Waals surface area contributed by atoms with E-state index in [2.05, 4.69) is 50.4 Å². The van der Waals surface area contributed by atoms with Crippen molar-refractivity contribution < 1.29 is 14.3 Å². The van der Waals surface area contributed by atoms with Gasteiger partial charge >= 0.3 is 0 Å². The average molecular weight is 501 g/mol. The van der Waals surface area contributed by atoms with Crippen LogP contribution in [0.25, 0.3) is 6.08 Å². The minimum Gasteiger partial charge on any atom is -0.482 e. The van der Waals surface area contributed by atoms with Crippen LogP contribution < -0.4 is 5.32 Å². The number of amides is 2. The van der Waals surface area contributed by atoms with Crippen LogP contribution >= 0.6 is 0 Å². The molecule has 5 heteroatoms. The average Bonchev–Trinajstić information content (AvgIpc) is 2.89. The van der Waals surface area contributed by atoms with Gasteiger partial charge in [0, 0.05) is 18.2 Å². The van der Waals surface area contributed by atoms with E-state index in [1.165, 1.54) is 18.4 Å². The Labute approximate surface area is 221 Å². The third-order valence-corrected chi connectivity index (χ3v) is 8.75. The molecule has 37 heavy (non-hydrogen) atoms. The highest BCUT2D eigenvalue weighted by Gasteiger charge is 2.41. The minimum absolute atomic E-state index is 0.0236. The summed E-state index contributed by atoms with van der Waals surface area (Å²) in [6.07, 6.45) is 9.53. The Balaban J connectivity index is 1.31. The van der Waals surface area contributed by atoms with Crippen molar-refractivity contribution in [2.24, 2.45) is 11.8 Å². The molecule has 196 valence electrons. The Bertz CT molecular complexity index is 1150. The third kappa shape index (κ3) is 5.76. The molecule has 1 aliphatic heterocycles. The molecule has 5 unspecified atom stereocenters. The molecule has 1 heterocycles. The fourth-order valence-corrected chi connectivity index (χ4v) is 6.29. The smallest absolute Gasteiger partial charge is 0.289 e. The molecule has 1 saturated heterocycles. The van der Waals surface area contributed by atoms with Crippen LogP contribution in [0.15, 0.2) is 54.3 Å². The lowest BCUT2D eigenvalue weighted by atomic mass is 9.78. The van der Waals surface area contributed by atoms with Crippen molar-refractivity contribution in [3.8, 4) is 0 Å². The second-order valence-corrected chi connectivity index (χ2v) is 11.4. The van der Waals surface area contributed by atoms with Crippen molar-refractivity contribution >= 4 is 17.9 Å². The molecular formula is C32H40N2O3. The van der Waals surface area contributed by atoms with Crippen molar-refractivity contribution in [1.82, 2.24) is 10.2 Å². The van der Waals surface area contributed by atoms with E-state index in [9.17, 15) is 9.59 Å². The Kier molecular flexibility index (Phi) is 7.68. The Morgan fingerprint density at radius 1 is 1.03 bits per heavy atom. The highest BCUT2D eigenvalue weighted by molar-refractivity contribution is 5.97. The molecule has 2 aromatic rings. The molecule has 2 aliphatic carbocycles. The van der Waals surface area contributed by atoms with E-state index in [-0.39, 0.29) is 30.0 Å². The maximum atomic E-state index is 13.6. The first kappa shape index (κ1) is 25.6. The highest BCUT2D eigenvalue weighted by Crippen LogP contribution is 2.34. The summed E-state index contributed by atoms with van der Waals surface area (Å²) in [6.45, 7) is 7.20. The van der Waals surface area contributed by atoms with Crippen molar-refractivity contribution in [3.05, 3.63) is 76.5 Å². The van der Waals surface area contributed by atoms with E-state index in [4.69, 9.17) is 4.74 Å². The summed E-state index contributed by atoms with van der Waals surface area (Å²) in [4.78, 5) is 28.5. The van der Waals surface area contributed by atoms with E-state index < -0.39 is 0 Å². The zero-order chi connectivity index (χ0) is 25.9. The maximum Gasteiger partial charge on any atom is 0.289 e. The van der Waals surface area contributed by atoms with Crippen molar-refractivity contribution in [3.63, 3.8) is 0 Å². The molecule has 0 bridgehead atoms. The third-order valence-electron chi connectivity index (χ3n) is 8.75. The molecule has 3 aliphatic rings. The van der Waals surface area contributed by atoms with E-state index in [0.717, 1.165) is 43.2 Å². The molecule has 3 fully saturated rings. The van der Waals surface area contributed by atoms with E-state index in [1.54, 1.807) is 0 Å². The van der Waals surface area contributed by atoms with Crippen LogP contribution in [0.3, 0.4) is 0 Å². The largest absolute Gasteiger partial charge is 0.482 e. The second-order valence-electron chi connectivity index (χ2n) is 11.4. The van der Waals surface area contributed by atoms with Gasteiger partial charge in [-0.25, -0.2) is 0 Å². The van der Waals surface area contributed by atoms with Crippen LogP contribution in [0.1, 0.15) is 85.8 Å². The molecule has 5 rings (SSSR count). The lowest BCUT2D eigenvalue weighted by Crippen LogP contribution is -2.54. The van der Waals surface area contributed by atoms with E-state index in [1.807, 2.05) is 35.2 Å². The van der Waals surface area contributed by atoms with Crippen LogP contribution in [-0.2, 0) is 16.1 Å². The van der Waals surface area contributed by atoms with Crippen LogP contribution in [0.5, 0.6) is 0 Å². The van der Waals surface area contributed by atoms with Crippen LogP contribution in [0.4, 0.5) is 0 Å². The Hall–Kier alpha value is -3.08. The number of nitrogens with one attached hydrogen (secondary N) is 1. The second kappa shape index (κ2) is 11.1. The number of aryl methyl sites for hydroxylation is 1. The topological polar surface area (TPSA) is 58.6 Å². The van der Waals surface area contributed by atoms with Gasteiger partial charge in [0.2, 0.25) is 0 Å². The molecule has 2 amide bonds. The predicted octanol–water partition coefficient (Wildman–Crippen LogP) is 6.26. The lowest BCUT2D eigenvalue weighted by Gasteiger charge is -2.44. The SMILES string of the molecule is Cc1cccc(CN2C(=O)/C(=C\c3ccc(C(=O)NC4CCCC(C)C4C)cc3)OC3CCCCC32)c1. The molecule has 2 aromatic carbocycles. The summed E-state index contributed by atoms with van der Waals surface area (Å²) in [5.41, 5.74) is 3.86. The number of morpholine rings is 1. The summed E-state index contributed by atoms with van der Waals surface area (Å²) < 4.78 is 6.29. The van der Waals surface area contributed by atoms with Crippen LogP contribution in [-0.4, -0.2) is 34.9 Å². The summed E-state index contributed by atoms with van der Waals surface area (Å²) in [6, 6.07) is 16.2. The van der Waals surface area contributed by atoms with Crippen molar-refractivity contribution in [1.29, 1.82) is 0 Å². The molecule has 2 saturated carbocycles. The monoisotopic (exact) mass is 500 g/mol. The number of fused-ring (bicyclic) bond motifs is 1. The maximum absolute atomic E-state index is 13.6. The molecule has 0 aromatic heterocycles. The molecule has 5 nitrogen and oxygen atoms in total. The predicted molar refractivity (Wildman–Crippen MR) is 147 cm³/mol. The molecule has 5 atom stereocenters. The highest BCUT2D eigenvalue weighted by atomic mass is 16.5. The zero-order valence-electron chi connectivity index (χ0n) is 22.4. The summed E-state index contributed by atoms with van der Waals surface area (Å²) >= 11 is 0. The Morgan fingerprint density at radius 3 is 2.59 bits per heavy atom. The number of ether oxygens (including phenoxy) is 1. The van der Waals surface area contributed by atoms with Gasteiger partial charge in [-0.2, -0.15) is 0 Å². The van der Waals surface area contributed by atoms with Crippen LogP contribution in [0, 0.1) is 18.8 Å². The van der Waals surface area contributed by atoms with Gasteiger partial charge in [-0.15, -0.1) is 0 Å². The summed E-state index contributed by atoms with van der Waals surface area (Å²) in [5, 5.41) is 3.25. The number of hydrogen-bond donors (Lipinski definition) is 1. The van der Waals surface area contributed by atoms with Gasteiger partial charge in [0.25, 0.3) is 11.8 Å². The number of nitrogens with zero attached hydrogens (tertiary/aromatic N) is 1. The zero-order valence-corrected chi connectivity index (χ0v) is 22.4. The molecule has 1 N–H and O–H groups in total. The number of benzene rings is 2. The van der Waals surface area contributed by atoms with Gasteiger partial charge in [0.05, 0.1) is 6.04 Å². The first-order chi connectivity index (χ1) is 17.9. The quantitative estimate of drug-likeness (QED) is 0.493. The fourth-order valence-electron chi connectivity index (χ4n) is 6.29. The van der Waals surface area contributed by atoms with Gasteiger partial charge in [-0.05, 0) is 73.8 Å². The van der Waals surface area contributed by atoms with E-state index in [0.29, 0.717) is 29.7 Å². The lowest BCUT2D eigenvalue weighted by molar-refractivity contribution is -0.149. The van der Waals surface area contributed by atoms with Gasteiger partial charge < -0.3 is 15.0 Å². The normalized spacial score (nSPS) is 28.9. The first-order valence-electron chi connectivity index (χ1n) is 14.0. The molecule has 0 radical (unpaired) electrons. The minimum atomic E-state index is -0.0492. The number of carbonyl (C=O) groups excluding carboxylic acids is 2. The first-order valence-corrected chi connectivity index (χ1v) is 14.0. The fraction of sp³-hybridized carbons (Fsp3) is 0.500. The van der Waals surface area contributed by atoms with Crippen molar-refractivity contribution in [2.45, 2.75) is 90.4 Å². The molecular weight excluding hydrogens is 460 g/mol. The Morgan fingerprint density at radius 2 is 1.81 bits per heavy atom. The van der Waals surface area contributed by atoms with Gasteiger partial charge in [0.1, 0.15) is 6.10 Å². The van der Waals surface area contributed by atoms with Crippen molar-refractivity contribution in [2.75, 3.05) is 0 Å². The summed E-state index contributed by atoms with van der Waals surface area (Å²) in [7, 11) is 0. The molecule has 0 spiro atoms. The van der Waals surface area contributed by atoms with Crippen LogP contribution in [0.2, 0.25) is 0 Å². The van der Waals surface area contributed by atoms with Gasteiger partial charge in [0.15, 0.2) is 5.76 Å². The number of rotatable bonds is 5. The van der Waals surface area contributed by atoms with Gasteiger partial charge in [-0.1, -0.05) is 75.1 Å². The number of hydrogen-bond acceptors (Lipinski definition) is 3. The number of carbonyl (C=O) groups is 2. The van der Waals surface area contributed by atoms with E-state index >= 15 is 0 Å². The standard InChI is InChI=1S/C32H40N2O3/c1-21-8-6-10-25(18-21)20-34-28-12-4-5-13-29(28)37-30(32(34)36)19-24-14-16-26(17-15-24)31(35)33-27-11-7-9-22(2)23(27)3/h6,8,10,14-19,22-23,27-29H,4-5,7,9,11-13,20H2,1-3H3,(H,33,35)/b30-19+. The summed E-state index contributed by atoms with van der Waals surface area (Å²) in [5.74, 6) is 1.45. The van der Waals surface area contributed by atoms with Gasteiger partial charge in [-0.3, -0.25) is 9.59 Å².